The number of aryl methyl sites for hydroxylation is 1. The minimum Gasteiger partial charge on any atom is -0.497 e. The number of rotatable bonds is 5. The lowest BCUT2D eigenvalue weighted by molar-refractivity contribution is -0.136. The SMILES string of the molecule is COc1ccc(-c2ncc(CCC(=O)O)cn2)cc1. The van der Waals surface area contributed by atoms with Crippen molar-refractivity contribution in [2.45, 2.75) is 12.8 Å². The van der Waals surface area contributed by atoms with Crippen molar-refractivity contribution in [3.63, 3.8) is 0 Å². The molecule has 0 saturated heterocycles. The van der Waals surface area contributed by atoms with E-state index in [0.29, 0.717) is 12.2 Å². The highest BCUT2D eigenvalue weighted by molar-refractivity contribution is 5.67. The molecule has 0 atom stereocenters. The Morgan fingerprint density at radius 3 is 2.37 bits per heavy atom. The number of ether oxygens (including phenoxy) is 1. The summed E-state index contributed by atoms with van der Waals surface area (Å²) in [6, 6.07) is 7.45. The third-order valence-electron chi connectivity index (χ3n) is 2.68. The summed E-state index contributed by atoms with van der Waals surface area (Å²) in [7, 11) is 1.61. The quantitative estimate of drug-likeness (QED) is 0.889. The van der Waals surface area contributed by atoms with E-state index in [2.05, 4.69) is 9.97 Å². The summed E-state index contributed by atoms with van der Waals surface area (Å²) >= 11 is 0. The van der Waals surface area contributed by atoms with Gasteiger partial charge in [0.05, 0.1) is 7.11 Å². The van der Waals surface area contributed by atoms with Crippen molar-refractivity contribution in [2.24, 2.45) is 0 Å². The minimum atomic E-state index is -0.820. The summed E-state index contributed by atoms with van der Waals surface area (Å²) in [6.45, 7) is 0. The summed E-state index contributed by atoms with van der Waals surface area (Å²) in [5.74, 6) is 0.572. The van der Waals surface area contributed by atoms with Crippen molar-refractivity contribution in [3.8, 4) is 17.1 Å². The molecule has 5 heteroatoms. The second kappa shape index (κ2) is 5.95. The molecule has 5 nitrogen and oxygen atoms in total. The molecule has 0 bridgehead atoms. The fourth-order valence-electron chi connectivity index (χ4n) is 1.62. The summed E-state index contributed by atoms with van der Waals surface area (Å²) in [5.41, 5.74) is 1.71. The number of benzene rings is 1. The van der Waals surface area contributed by atoms with Crippen molar-refractivity contribution >= 4 is 5.97 Å². The summed E-state index contributed by atoms with van der Waals surface area (Å²) in [5, 5.41) is 8.60. The number of carboxylic acid groups (broad SMARTS) is 1. The third kappa shape index (κ3) is 3.51. The largest absolute Gasteiger partial charge is 0.497 e. The van der Waals surface area contributed by atoms with Crippen molar-refractivity contribution in [2.75, 3.05) is 7.11 Å². The molecule has 0 aliphatic heterocycles. The molecule has 98 valence electrons. The van der Waals surface area contributed by atoms with Crippen LogP contribution >= 0.6 is 0 Å². The Morgan fingerprint density at radius 2 is 1.84 bits per heavy atom. The zero-order chi connectivity index (χ0) is 13.7. The van der Waals surface area contributed by atoms with Gasteiger partial charge in [0.2, 0.25) is 0 Å². The highest BCUT2D eigenvalue weighted by atomic mass is 16.5. The molecule has 0 amide bonds. The molecule has 1 aromatic heterocycles. The number of hydrogen-bond donors (Lipinski definition) is 1. The van der Waals surface area contributed by atoms with Crippen LogP contribution in [0.15, 0.2) is 36.7 Å². The lowest BCUT2D eigenvalue weighted by Crippen LogP contribution is -1.99. The number of hydrogen-bond acceptors (Lipinski definition) is 4. The zero-order valence-corrected chi connectivity index (χ0v) is 10.5. The summed E-state index contributed by atoms with van der Waals surface area (Å²) < 4.78 is 5.08. The topological polar surface area (TPSA) is 72.3 Å². The first kappa shape index (κ1) is 13.0. The summed E-state index contributed by atoms with van der Waals surface area (Å²) in [4.78, 5) is 18.9. The summed E-state index contributed by atoms with van der Waals surface area (Å²) in [6.07, 6.45) is 3.86. The fraction of sp³-hybridized carbons (Fsp3) is 0.214. The normalized spacial score (nSPS) is 10.2. The molecule has 1 N–H and O–H groups in total. The lowest BCUT2D eigenvalue weighted by atomic mass is 10.1. The monoisotopic (exact) mass is 258 g/mol. The van der Waals surface area contributed by atoms with Gasteiger partial charge in [-0.3, -0.25) is 4.79 Å². The molecular formula is C14H14N2O3. The molecule has 0 aliphatic rings. The number of carbonyl (C=O) groups is 1. The number of aromatic nitrogens is 2. The maximum absolute atomic E-state index is 10.5. The van der Waals surface area contributed by atoms with E-state index in [9.17, 15) is 4.79 Å². The molecule has 1 heterocycles. The van der Waals surface area contributed by atoms with Crippen molar-refractivity contribution in [1.29, 1.82) is 0 Å². The number of methoxy groups -OCH3 is 1. The smallest absolute Gasteiger partial charge is 0.303 e. The minimum absolute atomic E-state index is 0.0885. The first-order chi connectivity index (χ1) is 9.19. The number of aliphatic carboxylic acids is 1. The molecule has 0 unspecified atom stereocenters. The molecular weight excluding hydrogens is 244 g/mol. The molecule has 0 spiro atoms. The lowest BCUT2D eigenvalue weighted by Gasteiger charge is -2.03. The van der Waals surface area contributed by atoms with Gasteiger partial charge in [0.1, 0.15) is 5.75 Å². The molecule has 0 fully saturated rings. The second-order valence-corrected chi connectivity index (χ2v) is 4.04. The van der Waals surface area contributed by atoms with Crippen LogP contribution in [0.4, 0.5) is 0 Å². The van der Waals surface area contributed by atoms with Gasteiger partial charge in [0.25, 0.3) is 0 Å². The first-order valence-electron chi connectivity index (χ1n) is 5.86. The number of nitrogens with zero attached hydrogens (tertiary/aromatic N) is 2. The maximum atomic E-state index is 10.5. The van der Waals surface area contributed by atoms with Crippen LogP contribution in [0.25, 0.3) is 11.4 Å². The van der Waals surface area contributed by atoms with Crippen LogP contribution < -0.4 is 4.74 Å². The molecule has 19 heavy (non-hydrogen) atoms. The highest BCUT2D eigenvalue weighted by Gasteiger charge is 2.03. The second-order valence-electron chi connectivity index (χ2n) is 4.04. The van der Waals surface area contributed by atoms with Crippen molar-refractivity contribution in [1.82, 2.24) is 9.97 Å². The van der Waals surface area contributed by atoms with Gasteiger partial charge in [0.15, 0.2) is 5.82 Å². The number of carboxylic acids is 1. The molecule has 0 saturated carbocycles. The first-order valence-corrected chi connectivity index (χ1v) is 5.86. The Hall–Kier alpha value is -2.43. The van der Waals surface area contributed by atoms with E-state index in [4.69, 9.17) is 9.84 Å². The van der Waals surface area contributed by atoms with E-state index < -0.39 is 5.97 Å². The third-order valence-corrected chi connectivity index (χ3v) is 2.68. The van der Waals surface area contributed by atoms with Crippen molar-refractivity contribution in [3.05, 3.63) is 42.2 Å². The van der Waals surface area contributed by atoms with Crippen LogP contribution in [0.3, 0.4) is 0 Å². The predicted molar refractivity (Wildman–Crippen MR) is 70.0 cm³/mol. The molecule has 0 aliphatic carbocycles. The maximum Gasteiger partial charge on any atom is 0.303 e. The predicted octanol–water partition coefficient (Wildman–Crippen LogP) is 2.17. The van der Waals surface area contributed by atoms with Gasteiger partial charge < -0.3 is 9.84 Å². The fourth-order valence-corrected chi connectivity index (χ4v) is 1.62. The van der Waals surface area contributed by atoms with Crippen LogP contribution in [-0.4, -0.2) is 28.2 Å². The Labute approximate surface area is 110 Å². The molecule has 2 rings (SSSR count). The van der Waals surface area contributed by atoms with Crippen LogP contribution in [-0.2, 0) is 11.2 Å². The van der Waals surface area contributed by atoms with Crippen LogP contribution in [0, 0.1) is 0 Å². The van der Waals surface area contributed by atoms with Gasteiger partial charge in [0, 0.05) is 24.4 Å². The Balaban J connectivity index is 2.10. The molecule has 0 radical (unpaired) electrons. The van der Waals surface area contributed by atoms with E-state index in [1.54, 1.807) is 19.5 Å². The average Bonchev–Trinajstić information content (AvgIpc) is 2.46. The van der Waals surface area contributed by atoms with Gasteiger partial charge >= 0.3 is 5.97 Å². The Bertz CT molecular complexity index is 550. The van der Waals surface area contributed by atoms with Crippen molar-refractivity contribution < 1.29 is 14.6 Å². The van der Waals surface area contributed by atoms with E-state index >= 15 is 0 Å². The average molecular weight is 258 g/mol. The van der Waals surface area contributed by atoms with Gasteiger partial charge in [-0.25, -0.2) is 9.97 Å². The van der Waals surface area contributed by atoms with Gasteiger partial charge in [-0.2, -0.15) is 0 Å². The van der Waals surface area contributed by atoms with Crippen LogP contribution in [0.2, 0.25) is 0 Å². The zero-order valence-electron chi connectivity index (χ0n) is 10.5. The highest BCUT2D eigenvalue weighted by Crippen LogP contribution is 2.18. The van der Waals surface area contributed by atoms with Crippen LogP contribution in [0.1, 0.15) is 12.0 Å². The van der Waals surface area contributed by atoms with E-state index in [1.807, 2.05) is 24.3 Å². The molecule has 1 aromatic carbocycles. The van der Waals surface area contributed by atoms with E-state index in [-0.39, 0.29) is 6.42 Å². The Morgan fingerprint density at radius 1 is 1.21 bits per heavy atom. The van der Waals surface area contributed by atoms with Crippen LogP contribution in [0.5, 0.6) is 5.75 Å². The van der Waals surface area contributed by atoms with Gasteiger partial charge in [-0.1, -0.05) is 0 Å². The van der Waals surface area contributed by atoms with Gasteiger partial charge in [-0.05, 0) is 36.2 Å². The molecule has 2 aromatic rings. The van der Waals surface area contributed by atoms with E-state index in [1.165, 1.54) is 0 Å². The van der Waals surface area contributed by atoms with E-state index in [0.717, 1.165) is 16.9 Å². The Kier molecular flexibility index (Phi) is 4.07. The standard InChI is InChI=1S/C14H14N2O3/c1-19-12-5-3-11(4-6-12)14-15-8-10(9-16-14)2-7-13(17)18/h3-6,8-9H,2,7H2,1H3,(H,17,18). The van der Waals surface area contributed by atoms with Gasteiger partial charge in [-0.15, -0.1) is 0 Å².